The lowest BCUT2D eigenvalue weighted by Gasteiger charge is -2.34. The van der Waals surface area contributed by atoms with Gasteiger partial charge in [-0.25, -0.2) is 0 Å². The van der Waals surface area contributed by atoms with Crippen molar-refractivity contribution in [3.63, 3.8) is 0 Å². The summed E-state index contributed by atoms with van der Waals surface area (Å²) >= 11 is 0. The van der Waals surface area contributed by atoms with Gasteiger partial charge in [0.25, 0.3) is 0 Å². The largest absolute Gasteiger partial charge is 0.458 e. The van der Waals surface area contributed by atoms with Crippen LogP contribution < -0.4 is 5.43 Å². The van der Waals surface area contributed by atoms with Crippen LogP contribution in [0.3, 0.4) is 0 Å². The predicted molar refractivity (Wildman–Crippen MR) is 189 cm³/mol. The van der Waals surface area contributed by atoms with Gasteiger partial charge in [0, 0.05) is 5.57 Å². The van der Waals surface area contributed by atoms with E-state index in [4.69, 9.17) is 4.42 Å². The molecule has 2 heteroatoms. The Morgan fingerprint density at radius 3 is 1.78 bits per heavy atom. The normalized spacial score (nSPS) is 15.9. The number of hydrogen-bond donors (Lipinski definition) is 0. The summed E-state index contributed by atoms with van der Waals surface area (Å²) in [5, 5.41) is 5.14. The van der Waals surface area contributed by atoms with Gasteiger partial charge in [0.05, 0.1) is 10.9 Å². The molecule has 9 rings (SSSR count). The molecular weight excluding hydrogens is 560 g/mol. The standard InChI is InChI=1S/C44H28O2/c45-42-37-21-11-12-22-38(37)46-43-40(42)39(34-24-23-29-13-7-9-17-32(29)27-34)41(31-15-3-1-4-16-31)44(43,35-19-5-2-6-20-35)36-26-25-30-14-8-10-18-33(30)28-36/h1-28H. The van der Waals surface area contributed by atoms with Crippen molar-refractivity contribution in [2.45, 2.75) is 5.41 Å². The van der Waals surface area contributed by atoms with Gasteiger partial charge in [-0.05, 0) is 73.6 Å². The molecule has 0 amide bonds. The third kappa shape index (κ3) is 3.80. The van der Waals surface area contributed by atoms with E-state index in [0.717, 1.165) is 54.9 Å². The second-order valence-corrected chi connectivity index (χ2v) is 12.0. The first-order chi connectivity index (χ1) is 22.7. The van der Waals surface area contributed by atoms with E-state index in [1.165, 1.54) is 0 Å². The van der Waals surface area contributed by atoms with Crippen molar-refractivity contribution >= 4 is 43.7 Å². The topological polar surface area (TPSA) is 30.2 Å². The molecule has 1 heterocycles. The van der Waals surface area contributed by atoms with Crippen molar-refractivity contribution in [2.75, 3.05) is 0 Å². The molecule has 216 valence electrons. The van der Waals surface area contributed by atoms with E-state index in [2.05, 4.69) is 133 Å². The molecule has 0 bridgehead atoms. The third-order valence-corrected chi connectivity index (χ3v) is 9.50. The minimum atomic E-state index is -0.924. The molecule has 0 fully saturated rings. The van der Waals surface area contributed by atoms with Crippen LogP contribution in [-0.2, 0) is 5.41 Å². The van der Waals surface area contributed by atoms with Crippen LogP contribution in [0, 0.1) is 0 Å². The lowest BCUT2D eigenvalue weighted by molar-refractivity contribution is 0.498. The molecule has 46 heavy (non-hydrogen) atoms. The molecule has 2 nitrogen and oxygen atoms in total. The molecule has 1 aromatic heterocycles. The van der Waals surface area contributed by atoms with Gasteiger partial charge < -0.3 is 4.42 Å². The summed E-state index contributed by atoms with van der Waals surface area (Å²) in [5.74, 6) is 0.652. The molecule has 0 radical (unpaired) electrons. The first-order valence-electron chi connectivity index (χ1n) is 15.6. The van der Waals surface area contributed by atoms with Crippen LogP contribution in [0.5, 0.6) is 0 Å². The molecule has 0 saturated heterocycles. The Bertz CT molecular complexity index is 2540. The number of hydrogen-bond acceptors (Lipinski definition) is 2. The molecule has 1 unspecified atom stereocenters. The van der Waals surface area contributed by atoms with Crippen LogP contribution in [0.25, 0.3) is 43.7 Å². The Morgan fingerprint density at radius 1 is 0.457 bits per heavy atom. The fraction of sp³-hybridized carbons (Fsp3) is 0.0227. The van der Waals surface area contributed by atoms with Crippen LogP contribution in [0.2, 0.25) is 0 Å². The first kappa shape index (κ1) is 26.4. The van der Waals surface area contributed by atoms with Gasteiger partial charge in [0.15, 0.2) is 0 Å². The molecule has 1 aliphatic rings. The van der Waals surface area contributed by atoms with Crippen molar-refractivity contribution in [2.24, 2.45) is 0 Å². The lowest BCUT2D eigenvalue weighted by atomic mass is 9.67. The van der Waals surface area contributed by atoms with E-state index in [9.17, 15) is 4.79 Å². The average molecular weight is 589 g/mol. The zero-order valence-corrected chi connectivity index (χ0v) is 25.0. The lowest BCUT2D eigenvalue weighted by Crippen LogP contribution is -2.30. The quantitative estimate of drug-likeness (QED) is 0.205. The SMILES string of the molecule is O=c1c2c(oc3ccccc13)C(c1ccccc1)(c1ccc3ccccc3c1)C(c1ccccc1)=C2c1ccc2ccccc2c1. The van der Waals surface area contributed by atoms with Gasteiger partial charge in [0.2, 0.25) is 5.43 Å². The summed E-state index contributed by atoms with van der Waals surface area (Å²) in [6.07, 6.45) is 0. The summed E-state index contributed by atoms with van der Waals surface area (Å²) in [7, 11) is 0. The van der Waals surface area contributed by atoms with E-state index in [1.807, 2.05) is 36.4 Å². The predicted octanol–water partition coefficient (Wildman–Crippen LogP) is 10.4. The van der Waals surface area contributed by atoms with Crippen molar-refractivity contribution < 1.29 is 4.42 Å². The maximum absolute atomic E-state index is 14.9. The number of allylic oxidation sites excluding steroid dienone is 1. The van der Waals surface area contributed by atoms with Crippen LogP contribution in [-0.4, -0.2) is 0 Å². The Balaban J connectivity index is 1.54. The van der Waals surface area contributed by atoms with Gasteiger partial charge in [0.1, 0.15) is 16.8 Å². The molecule has 0 aliphatic heterocycles. The summed E-state index contributed by atoms with van der Waals surface area (Å²) in [4.78, 5) is 14.9. The molecule has 8 aromatic rings. The molecule has 7 aromatic carbocycles. The van der Waals surface area contributed by atoms with E-state index >= 15 is 0 Å². The number of benzene rings is 7. The Kier molecular flexibility index (Phi) is 5.91. The molecule has 0 N–H and O–H groups in total. The third-order valence-electron chi connectivity index (χ3n) is 9.50. The Labute approximate surface area is 266 Å². The second kappa shape index (κ2) is 10.3. The maximum atomic E-state index is 14.9. The van der Waals surface area contributed by atoms with Gasteiger partial charge in [-0.2, -0.15) is 0 Å². The van der Waals surface area contributed by atoms with E-state index < -0.39 is 5.41 Å². The van der Waals surface area contributed by atoms with Gasteiger partial charge in [-0.1, -0.05) is 146 Å². The van der Waals surface area contributed by atoms with E-state index in [-0.39, 0.29) is 5.43 Å². The smallest absolute Gasteiger partial charge is 0.200 e. The zero-order chi connectivity index (χ0) is 30.7. The minimum absolute atomic E-state index is 0.0213. The molecular formula is C44H28O2. The van der Waals surface area contributed by atoms with Crippen LogP contribution in [0.1, 0.15) is 33.6 Å². The average Bonchev–Trinajstić information content (AvgIpc) is 3.44. The monoisotopic (exact) mass is 588 g/mol. The van der Waals surface area contributed by atoms with Gasteiger partial charge >= 0.3 is 0 Å². The van der Waals surface area contributed by atoms with Gasteiger partial charge in [-0.15, -0.1) is 0 Å². The zero-order valence-electron chi connectivity index (χ0n) is 25.0. The number of rotatable bonds is 4. The highest BCUT2D eigenvalue weighted by atomic mass is 16.3. The molecule has 1 atom stereocenters. The summed E-state index contributed by atoms with van der Waals surface area (Å²) in [6.45, 7) is 0. The summed E-state index contributed by atoms with van der Waals surface area (Å²) in [5.41, 5.74) is 6.31. The van der Waals surface area contributed by atoms with E-state index in [1.54, 1.807) is 0 Å². The van der Waals surface area contributed by atoms with Crippen molar-refractivity contribution in [1.29, 1.82) is 0 Å². The van der Waals surface area contributed by atoms with Crippen LogP contribution in [0.15, 0.2) is 179 Å². The summed E-state index contributed by atoms with van der Waals surface area (Å²) < 4.78 is 7.07. The number of fused-ring (bicyclic) bond motifs is 4. The minimum Gasteiger partial charge on any atom is -0.458 e. The molecule has 0 saturated carbocycles. The van der Waals surface area contributed by atoms with Gasteiger partial charge in [-0.3, -0.25) is 4.79 Å². The maximum Gasteiger partial charge on any atom is 0.200 e. The van der Waals surface area contributed by atoms with Crippen molar-refractivity contribution in [3.8, 4) is 0 Å². The number of para-hydroxylation sites is 1. The second-order valence-electron chi connectivity index (χ2n) is 12.0. The van der Waals surface area contributed by atoms with E-state index in [0.29, 0.717) is 22.3 Å². The Hall–Kier alpha value is -5.99. The highest BCUT2D eigenvalue weighted by Crippen LogP contribution is 2.59. The summed E-state index contributed by atoms with van der Waals surface area (Å²) in [6, 6.07) is 58.7. The van der Waals surface area contributed by atoms with Crippen molar-refractivity contribution in [1.82, 2.24) is 0 Å². The molecule has 0 spiro atoms. The first-order valence-corrected chi connectivity index (χ1v) is 15.6. The highest BCUT2D eigenvalue weighted by Gasteiger charge is 2.52. The Morgan fingerprint density at radius 2 is 1.04 bits per heavy atom. The molecule has 1 aliphatic carbocycles. The fourth-order valence-corrected chi connectivity index (χ4v) is 7.49. The van der Waals surface area contributed by atoms with Crippen LogP contribution in [0.4, 0.5) is 0 Å². The van der Waals surface area contributed by atoms with Crippen molar-refractivity contribution in [3.05, 3.63) is 214 Å². The fourth-order valence-electron chi connectivity index (χ4n) is 7.49. The van der Waals surface area contributed by atoms with Crippen LogP contribution >= 0.6 is 0 Å². The highest BCUT2D eigenvalue weighted by molar-refractivity contribution is 6.12.